The van der Waals surface area contributed by atoms with Gasteiger partial charge >= 0.3 is 23.1 Å². The van der Waals surface area contributed by atoms with Gasteiger partial charge in [0.1, 0.15) is 23.2 Å². The molecule has 3 aliphatic heterocycles. The first-order chi connectivity index (χ1) is 36.6. The Morgan fingerprint density at radius 3 is 1.07 bits per heavy atom. The number of hydrogen-bond acceptors (Lipinski definition) is 6. The molecule has 0 aromatic heterocycles. The van der Waals surface area contributed by atoms with Crippen molar-refractivity contribution in [3.63, 3.8) is 0 Å². The van der Waals surface area contributed by atoms with E-state index in [9.17, 15) is 41.4 Å². The summed E-state index contributed by atoms with van der Waals surface area (Å²) in [5.41, 5.74) is 0.449. The molecule has 3 saturated carbocycles. The third kappa shape index (κ3) is 12.6. The van der Waals surface area contributed by atoms with Gasteiger partial charge in [0, 0.05) is 78.6 Å². The molecule has 422 valence electrons. The molecule has 6 aromatic rings. The van der Waals surface area contributed by atoms with Gasteiger partial charge in [0.15, 0.2) is 34.7 Å². The average Bonchev–Trinajstić information content (AvgIpc) is 3.49. The van der Waals surface area contributed by atoms with Crippen LogP contribution in [0.4, 0.5) is 26.3 Å². The smallest absolute Gasteiger partial charge is 1.00 e. The van der Waals surface area contributed by atoms with E-state index in [1.54, 1.807) is 26.0 Å². The zero-order valence-electron chi connectivity index (χ0n) is 44.7. The summed E-state index contributed by atoms with van der Waals surface area (Å²) < 4.78 is 104. The molecule has 3 fully saturated rings. The number of hydrogen-bond donors (Lipinski definition) is 2. The van der Waals surface area contributed by atoms with E-state index in [-0.39, 0.29) is 114 Å². The van der Waals surface area contributed by atoms with E-state index >= 15 is 0 Å². The van der Waals surface area contributed by atoms with Gasteiger partial charge in [-0.1, -0.05) is 71.2 Å². The van der Waals surface area contributed by atoms with Gasteiger partial charge < -0.3 is 48.8 Å². The van der Waals surface area contributed by atoms with Crippen molar-refractivity contribution in [1.82, 2.24) is 0 Å². The van der Waals surface area contributed by atoms with Gasteiger partial charge in [-0.05, 0) is 168 Å². The Bertz CT molecular complexity index is 3050. The summed E-state index contributed by atoms with van der Waals surface area (Å²) in [6.45, 7) is 4.38. The summed E-state index contributed by atoms with van der Waals surface area (Å²) in [7, 11) is 0. The van der Waals surface area contributed by atoms with Gasteiger partial charge in [0.25, 0.3) is 0 Å². The summed E-state index contributed by atoms with van der Waals surface area (Å²) >= 11 is 17.9. The van der Waals surface area contributed by atoms with Gasteiger partial charge in [0.05, 0.1) is 31.0 Å². The molecule has 17 heteroatoms. The molecule has 0 saturated heterocycles. The van der Waals surface area contributed by atoms with Crippen molar-refractivity contribution in [2.45, 2.75) is 118 Å². The van der Waals surface area contributed by atoms with E-state index in [0.29, 0.717) is 103 Å². The number of carbonyl (C=O) groups is 1. The van der Waals surface area contributed by atoms with Gasteiger partial charge in [-0.2, -0.15) is 0 Å². The Morgan fingerprint density at radius 2 is 0.750 bits per heavy atom. The molecule has 6 nitrogen and oxygen atoms in total. The summed E-state index contributed by atoms with van der Waals surface area (Å²) in [6, 6.07) is 29.1. The summed E-state index contributed by atoms with van der Waals surface area (Å²) in [5, 5.41) is 23.0. The Hall–Kier alpha value is -3.99. The maximum Gasteiger partial charge on any atom is 2.00 e. The SMILES string of the molecule is C[C@@]1(O)CC[C@@]2(Cc3ccc(Cl)cc3)c3c(F)ccc(F)c3OC[C@H]2C1.C[C@]1(O)CC[C@@]2(Cc3ccc(Cl)cc3)c3c(F)ccc(F)c3OC[C@H]2C1.O=C1CC[C@@]2(Cc3ccc(Cl)cc3)c3c(F)ccc(F)c3OC[C@H]2C1.[Br-].[CH3-].[Mg+2]. The monoisotopic (exact) mass is 1240 g/mol. The zero-order valence-corrected chi connectivity index (χ0v) is 50.0. The molecule has 0 radical (unpaired) electrons. The first-order valence-corrected chi connectivity index (χ1v) is 27.3. The second-order valence-corrected chi connectivity index (χ2v) is 24.1. The number of ketones is 1. The van der Waals surface area contributed by atoms with E-state index < -0.39 is 62.4 Å². The fraction of sp³-hybridized carbons (Fsp3) is 0.397. The Morgan fingerprint density at radius 1 is 0.463 bits per heavy atom. The van der Waals surface area contributed by atoms with Crippen LogP contribution in [-0.2, 0) is 40.3 Å². The predicted octanol–water partition coefficient (Wildman–Crippen LogP) is 12.0. The van der Waals surface area contributed by atoms with Gasteiger partial charge in [-0.3, -0.25) is 4.79 Å². The second kappa shape index (κ2) is 25.1. The quantitative estimate of drug-likeness (QED) is 0.0982. The molecular formula is C63H62BrCl3F6MgO6. The summed E-state index contributed by atoms with van der Waals surface area (Å²) in [4.78, 5) is 12.0. The molecule has 6 aliphatic rings. The second-order valence-electron chi connectivity index (χ2n) is 22.7. The van der Waals surface area contributed by atoms with Crippen molar-refractivity contribution in [2.75, 3.05) is 19.8 Å². The maximum absolute atomic E-state index is 14.9. The summed E-state index contributed by atoms with van der Waals surface area (Å²) in [6.07, 6.45) is 6.06. The molecule has 0 amide bonds. The number of halogens is 10. The molecule has 6 aromatic carbocycles. The van der Waals surface area contributed by atoms with Crippen LogP contribution in [0.25, 0.3) is 0 Å². The number of fused-ring (bicyclic) bond motifs is 9. The van der Waals surface area contributed by atoms with Crippen molar-refractivity contribution in [3.8, 4) is 17.2 Å². The van der Waals surface area contributed by atoms with Gasteiger partial charge in [-0.25, -0.2) is 26.3 Å². The number of rotatable bonds is 6. The largest absolute Gasteiger partial charge is 2.00 e. The van der Waals surface area contributed by atoms with Crippen LogP contribution in [0.15, 0.2) is 109 Å². The van der Waals surface area contributed by atoms with Gasteiger partial charge in [-0.15, -0.1) is 0 Å². The fourth-order valence-corrected chi connectivity index (χ4v) is 14.0. The Kier molecular flexibility index (Phi) is 19.9. The van der Waals surface area contributed by atoms with Crippen LogP contribution in [-0.4, -0.2) is 70.1 Å². The van der Waals surface area contributed by atoms with Crippen molar-refractivity contribution in [2.24, 2.45) is 17.8 Å². The molecule has 2 N–H and O–H groups in total. The van der Waals surface area contributed by atoms with Crippen molar-refractivity contribution in [3.05, 3.63) is 200 Å². The van der Waals surface area contributed by atoms with Crippen LogP contribution in [0, 0.1) is 60.1 Å². The summed E-state index contributed by atoms with van der Waals surface area (Å²) in [5.74, 6) is -3.12. The average molecular weight is 1240 g/mol. The first kappa shape index (κ1) is 63.6. The number of Topliss-reactive ketones (excluding diaryl/α,β-unsaturated/α-hetero) is 1. The molecule has 3 aliphatic carbocycles. The zero-order chi connectivity index (χ0) is 54.7. The van der Waals surface area contributed by atoms with E-state index in [1.807, 2.05) is 60.7 Å². The van der Waals surface area contributed by atoms with Crippen LogP contribution >= 0.6 is 34.8 Å². The predicted molar refractivity (Wildman–Crippen MR) is 297 cm³/mol. The van der Waals surface area contributed by atoms with Crippen LogP contribution in [0.5, 0.6) is 17.2 Å². The third-order valence-corrected chi connectivity index (χ3v) is 18.3. The number of ether oxygens (including phenoxy) is 3. The van der Waals surface area contributed by atoms with E-state index in [2.05, 4.69) is 0 Å². The molecule has 0 spiro atoms. The van der Waals surface area contributed by atoms with Crippen molar-refractivity contribution >= 4 is 63.6 Å². The van der Waals surface area contributed by atoms with E-state index in [4.69, 9.17) is 49.0 Å². The minimum atomic E-state index is -0.821. The van der Waals surface area contributed by atoms with Crippen LogP contribution in [0.2, 0.25) is 15.1 Å². The van der Waals surface area contributed by atoms with Crippen LogP contribution in [0.1, 0.15) is 105 Å². The molecule has 8 atom stereocenters. The third-order valence-electron chi connectivity index (χ3n) is 17.5. The first-order valence-electron chi connectivity index (χ1n) is 26.1. The van der Waals surface area contributed by atoms with Crippen molar-refractivity contribution < 1.29 is 72.5 Å². The fourth-order valence-electron chi connectivity index (χ4n) is 13.7. The minimum Gasteiger partial charge on any atom is -1.00 e. The standard InChI is InChI=1S/2C21H21ClF2O2.C20H17ClF2O2.CH3.BrH.Mg/c2*1-20(25)8-9-21(10-13-2-4-15(22)5-3-13)14(11-20)12-26-19-17(24)7-6-16(23)18(19)21;21-14-3-1-12(2-4-14)10-20-8-7-15(24)9-13(20)11-25-19-17(23)6-5-16(22)18(19)20;;;/h2*2-7,14,25H,8-12H2,1H3;1-6,13H,7-11H2;1H3;1H;/q;;;-1;;+2/p-1/t14-,20+,21+;14-,20-,21+;13-,20+;;;/m111.../s1. The maximum atomic E-state index is 14.9. The number of aliphatic hydroxyl groups is 2. The van der Waals surface area contributed by atoms with E-state index in [1.165, 1.54) is 12.1 Å². The molecular weight excluding hydrogens is 1180 g/mol. The Balaban J connectivity index is 0.000000170. The van der Waals surface area contributed by atoms with Crippen molar-refractivity contribution in [1.29, 1.82) is 0 Å². The molecule has 3 heterocycles. The van der Waals surface area contributed by atoms with Crippen LogP contribution < -0.4 is 31.2 Å². The molecule has 12 rings (SSSR count). The minimum absolute atomic E-state index is 0. The number of benzene rings is 6. The Labute approximate surface area is 505 Å². The normalized spacial score (nSPS) is 27.5. The number of carbonyl (C=O) groups excluding carboxylic acids is 1. The topological polar surface area (TPSA) is 85.2 Å². The molecule has 0 unspecified atom stereocenters. The van der Waals surface area contributed by atoms with E-state index in [0.717, 1.165) is 41.0 Å². The molecule has 0 bridgehead atoms. The van der Waals surface area contributed by atoms with Crippen LogP contribution in [0.3, 0.4) is 0 Å². The van der Waals surface area contributed by atoms with Gasteiger partial charge in [0.2, 0.25) is 0 Å². The molecule has 80 heavy (non-hydrogen) atoms.